The third kappa shape index (κ3) is 12.7. The molecule has 0 saturated heterocycles. The number of hydrogen-bond donors (Lipinski definition) is 2. The number of rotatable bonds is 3. The third-order valence-corrected chi connectivity index (χ3v) is 1.20. The summed E-state index contributed by atoms with van der Waals surface area (Å²) in [6, 6.07) is 0. The first-order valence-corrected chi connectivity index (χ1v) is 5.46. The molecule has 0 aliphatic rings. The maximum atomic E-state index is 10.3. The second kappa shape index (κ2) is 12.7. The van der Waals surface area contributed by atoms with Crippen molar-refractivity contribution in [2.75, 3.05) is 0 Å². The molecule has 3 N–H and O–H groups in total. The number of hydrogen-bond acceptors (Lipinski definition) is 2. The molecule has 1 aromatic rings. The van der Waals surface area contributed by atoms with Crippen molar-refractivity contribution in [3.63, 3.8) is 0 Å². The van der Waals surface area contributed by atoms with Gasteiger partial charge in [0.15, 0.2) is 0 Å². The molecular weight excluding hydrogens is 190 g/mol. The summed E-state index contributed by atoms with van der Waals surface area (Å²) >= 11 is 0. The Kier molecular flexibility index (Phi) is 13.6. The summed E-state index contributed by atoms with van der Waals surface area (Å²) in [4.78, 5) is 16.9. The minimum Gasteiger partial charge on any atom is -0.370 e. The molecule has 0 saturated carbocycles. The maximum absolute atomic E-state index is 10.3. The summed E-state index contributed by atoms with van der Waals surface area (Å²) in [6.07, 6.45) is 5.54. The van der Waals surface area contributed by atoms with Crippen LogP contribution < -0.4 is 5.73 Å². The zero-order valence-electron chi connectivity index (χ0n) is 10.2. The summed E-state index contributed by atoms with van der Waals surface area (Å²) < 4.78 is 0. The van der Waals surface area contributed by atoms with Crippen molar-refractivity contribution >= 4 is 5.91 Å². The van der Waals surface area contributed by atoms with Gasteiger partial charge in [-0.05, 0) is 6.42 Å². The quantitative estimate of drug-likeness (QED) is 0.808. The number of aryl methyl sites for hydroxylation is 1. The molecule has 4 nitrogen and oxygen atoms in total. The van der Waals surface area contributed by atoms with Crippen molar-refractivity contribution in [2.24, 2.45) is 5.73 Å². The number of amides is 1. The van der Waals surface area contributed by atoms with Gasteiger partial charge in [0.2, 0.25) is 5.91 Å². The smallest absolute Gasteiger partial charge is 0.217 e. The largest absolute Gasteiger partial charge is 0.370 e. The molecule has 1 heterocycles. The zero-order valence-corrected chi connectivity index (χ0v) is 10.2. The van der Waals surface area contributed by atoms with E-state index in [1.807, 2.05) is 13.8 Å². The maximum Gasteiger partial charge on any atom is 0.217 e. The number of aromatic amines is 1. The molecule has 0 aliphatic heterocycles. The summed E-state index contributed by atoms with van der Waals surface area (Å²) in [7, 11) is 0. The second-order valence-electron chi connectivity index (χ2n) is 2.75. The lowest BCUT2D eigenvalue weighted by Gasteiger charge is -1.90. The first-order valence-electron chi connectivity index (χ1n) is 5.46. The van der Waals surface area contributed by atoms with Gasteiger partial charge < -0.3 is 10.7 Å². The Hall–Kier alpha value is -1.32. The van der Waals surface area contributed by atoms with Crippen LogP contribution in [0, 0.1) is 0 Å². The lowest BCUT2D eigenvalue weighted by Crippen LogP contribution is -2.11. The van der Waals surface area contributed by atoms with Crippen molar-refractivity contribution in [3.8, 4) is 0 Å². The Balaban J connectivity index is 0. The number of imidazole rings is 1. The number of nitrogens with two attached hydrogens (primary N) is 1. The summed E-state index contributed by atoms with van der Waals surface area (Å²) in [5.41, 5.74) is 5.88. The molecular formula is C11H23N3O. The lowest BCUT2D eigenvalue weighted by molar-refractivity contribution is -0.118. The number of nitrogens with zero attached hydrogens (tertiary/aromatic N) is 1. The van der Waals surface area contributed by atoms with Crippen molar-refractivity contribution in [1.29, 1.82) is 0 Å². The Morgan fingerprint density at radius 2 is 2.00 bits per heavy atom. The number of primary amides is 1. The van der Waals surface area contributed by atoms with Crippen LogP contribution in [0.25, 0.3) is 0 Å². The van der Waals surface area contributed by atoms with Crippen LogP contribution >= 0.6 is 0 Å². The molecule has 0 aliphatic carbocycles. The van der Waals surface area contributed by atoms with Crippen molar-refractivity contribution < 1.29 is 4.79 Å². The normalized spacial score (nSPS) is 8.00. The van der Waals surface area contributed by atoms with Crippen LogP contribution in [-0.4, -0.2) is 15.9 Å². The Labute approximate surface area is 92.3 Å². The van der Waals surface area contributed by atoms with E-state index < -0.39 is 0 Å². The van der Waals surface area contributed by atoms with Gasteiger partial charge in [-0.2, -0.15) is 0 Å². The molecule has 1 amide bonds. The van der Waals surface area contributed by atoms with Gasteiger partial charge in [-0.15, -0.1) is 0 Å². The SMILES string of the molecule is CC.CCC.NC(=O)CCc1cnc[nH]1. The third-order valence-electron chi connectivity index (χ3n) is 1.20. The minimum absolute atomic E-state index is 0.283. The van der Waals surface area contributed by atoms with E-state index in [-0.39, 0.29) is 5.91 Å². The van der Waals surface area contributed by atoms with E-state index in [1.165, 1.54) is 6.42 Å². The second-order valence-corrected chi connectivity index (χ2v) is 2.75. The zero-order chi connectivity index (χ0) is 12.1. The average Bonchev–Trinajstić information content (AvgIpc) is 2.71. The van der Waals surface area contributed by atoms with Gasteiger partial charge in [0.1, 0.15) is 0 Å². The van der Waals surface area contributed by atoms with Crippen LogP contribution in [0.3, 0.4) is 0 Å². The van der Waals surface area contributed by atoms with Crippen LogP contribution in [0.4, 0.5) is 0 Å². The molecule has 0 radical (unpaired) electrons. The highest BCUT2D eigenvalue weighted by atomic mass is 16.1. The summed E-state index contributed by atoms with van der Waals surface area (Å²) in [5.74, 6) is -0.283. The minimum atomic E-state index is -0.283. The number of carbonyl (C=O) groups excluding carboxylic acids is 1. The first-order chi connectivity index (χ1) is 7.20. The fourth-order valence-corrected chi connectivity index (χ4v) is 0.679. The van der Waals surface area contributed by atoms with Crippen molar-refractivity contribution in [3.05, 3.63) is 18.2 Å². The van der Waals surface area contributed by atoms with Gasteiger partial charge in [0.25, 0.3) is 0 Å². The van der Waals surface area contributed by atoms with Gasteiger partial charge in [0, 0.05) is 18.3 Å². The molecule has 1 rings (SSSR count). The highest BCUT2D eigenvalue weighted by molar-refractivity contribution is 5.73. The van der Waals surface area contributed by atoms with E-state index in [0.717, 1.165) is 5.69 Å². The molecule has 0 unspecified atom stereocenters. The van der Waals surface area contributed by atoms with E-state index in [9.17, 15) is 4.79 Å². The van der Waals surface area contributed by atoms with E-state index in [0.29, 0.717) is 12.8 Å². The van der Waals surface area contributed by atoms with E-state index in [1.54, 1.807) is 12.5 Å². The van der Waals surface area contributed by atoms with Crippen LogP contribution in [0.5, 0.6) is 0 Å². The molecule has 4 heteroatoms. The molecule has 0 bridgehead atoms. The van der Waals surface area contributed by atoms with Crippen LogP contribution in [0.15, 0.2) is 12.5 Å². The van der Waals surface area contributed by atoms with Gasteiger partial charge in [-0.1, -0.05) is 34.1 Å². The Morgan fingerprint density at radius 3 is 2.33 bits per heavy atom. The van der Waals surface area contributed by atoms with Crippen molar-refractivity contribution in [2.45, 2.75) is 47.0 Å². The van der Waals surface area contributed by atoms with Crippen molar-refractivity contribution in [1.82, 2.24) is 9.97 Å². The molecule has 0 aromatic carbocycles. The van der Waals surface area contributed by atoms with Gasteiger partial charge in [-0.25, -0.2) is 4.98 Å². The van der Waals surface area contributed by atoms with E-state index in [4.69, 9.17) is 5.73 Å². The number of aromatic nitrogens is 2. The Bertz CT molecular complexity index is 220. The topological polar surface area (TPSA) is 71.8 Å². The number of carbonyl (C=O) groups is 1. The summed E-state index contributed by atoms with van der Waals surface area (Å²) in [5, 5.41) is 0. The Morgan fingerprint density at radius 1 is 1.47 bits per heavy atom. The predicted octanol–water partition coefficient (Wildman–Crippen LogP) is 2.27. The fourth-order valence-electron chi connectivity index (χ4n) is 0.679. The van der Waals surface area contributed by atoms with Gasteiger partial charge >= 0.3 is 0 Å². The molecule has 88 valence electrons. The van der Waals surface area contributed by atoms with E-state index in [2.05, 4.69) is 23.8 Å². The first kappa shape index (κ1) is 16.1. The lowest BCUT2D eigenvalue weighted by atomic mass is 10.2. The van der Waals surface area contributed by atoms with Gasteiger partial charge in [0.05, 0.1) is 6.33 Å². The van der Waals surface area contributed by atoms with Crippen LogP contribution in [-0.2, 0) is 11.2 Å². The summed E-state index contributed by atoms with van der Waals surface area (Å²) in [6.45, 7) is 8.25. The van der Waals surface area contributed by atoms with E-state index >= 15 is 0 Å². The molecule has 0 spiro atoms. The molecule has 0 fully saturated rings. The monoisotopic (exact) mass is 213 g/mol. The standard InChI is InChI=1S/C6H9N3O.C3H8.C2H6/c7-6(10)2-1-5-3-8-4-9-5;1-3-2;1-2/h3-4H,1-2H2,(H2,7,10)(H,8,9);3H2,1-2H3;1-2H3. The molecule has 15 heavy (non-hydrogen) atoms. The van der Waals surface area contributed by atoms with Crippen LogP contribution in [0.1, 0.15) is 46.2 Å². The molecule has 1 aromatic heterocycles. The number of H-pyrrole nitrogens is 1. The fraction of sp³-hybridized carbons (Fsp3) is 0.636. The van der Waals surface area contributed by atoms with Crippen LogP contribution in [0.2, 0.25) is 0 Å². The average molecular weight is 213 g/mol. The highest BCUT2D eigenvalue weighted by Crippen LogP contribution is 1.94. The van der Waals surface area contributed by atoms with Gasteiger partial charge in [-0.3, -0.25) is 4.79 Å². The highest BCUT2D eigenvalue weighted by Gasteiger charge is 1.96. The molecule has 0 atom stereocenters. The predicted molar refractivity (Wildman–Crippen MR) is 63.4 cm³/mol. The number of nitrogens with one attached hydrogen (secondary N) is 1.